The first-order valence-electron chi connectivity index (χ1n) is 7.20. The molecule has 0 fully saturated rings. The maximum atomic E-state index is 12.8. The van der Waals surface area contributed by atoms with Crippen LogP contribution < -0.4 is 0 Å². The van der Waals surface area contributed by atoms with Crippen LogP contribution in [0, 0.1) is 0 Å². The van der Waals surface area contributed by atoms with Gasteiger partial charge in [0.25, 0.3) is 0 Å². The van der Waals surface area contributed by atoms with Crippen molar-refractivity contribution >= 4 is 7.60 Å². The second-order valence-electron chi connectivity index (χ2n) is 4.95. The van der Waals surface area contributed by atoms with Gasteiger partial charge in [-0.15, -0.1) is 0 Å². The lowest BCUT2D eigenvalue weighted by atomic mass is 10.1. The van der Waals surface area contributed by atoms with Crippen molar-refractivity contribution in [3.05, 3.63) is 71.8 Å². The minimum atomic E-state index is -3.62. The van der Waals surface area contributed by atoms with Gasteiger partial charge < -0.3 is 18.9 Å². The van der Waals surface area contributed by atoms with Gasteiger partial charge in [-0.1, -0.05) is 60.7 Å². The SMILES string of the molecule is COP(=O)(OC)[C@H](OCc1ccccc1)[C@@H](O)c1ccccc1. The van der Waals surface area contributed by atoms with E-state index in [1.165, 1.54) is 14.2 Å². The fraction of sp³-hybridized carbons (Fsp3) is 0.294. The van der Waals surface area contributed by atoms with E-state index in [0.717, 1.165) is 5.56 Å². The maximum Gasteiger partial charge on any atom is 0.361 e. The van der Waals surface area contributed by atoms with Crippen LogP contribution in [0.2, 0.25) is 0 Å². The molecule has 6 heteroatoms. The Kier molecular flexibility index (Phi) is 6.51. The fourth-order valence-corrected chi connectivity index (χ4v) is 3.55. The molecule has 0 saturated heterocycles. The van der Waals surface area contributed by atoms with Crippen LogP contribution in [0.4, 0.5) is 0 Å². The zero-order chi connectivity index (χ0) is 16.7. The lowest BCUT2D eigenvalue weighted by Crippen LogP contribution is -2.24. The summed E-state index contributed by atoms with van der Waals surface area (Å²) in [7, 11) is -1.06. The Hall–Kier alpha value is -1.49. The van der Waals surface area contributed by atoms with E-state index in [9.17, 15) is 9.67 Å². The van der Waals surface area contributed by atoms with Gasteiger partial charge in [0.1, 0.15) is 6.10 Å². The highest BCUT2D eigenvalue weighted by Crippen LogP contribution is 2.56. The molecule has 2 aromatic carbocycles. The Balaban J connectivity index is 2.23. The Morgan fingerprint density at radius 1 is 0.957 bits per heavy atom. The van der Waals surface area contributed by atoms with Crippen molar-refractivity contribution < 1.29 is 23.5 Å². The average Bonchev–Trinajstić information content (AvgIpc) is 2.63. The number of hydrogen-bond donors (Lipinski definition) is 1. The monoisotopic (exact) mass is 336 g/mol. The highest BCUT2D eigenvalue weighted by Gasteiger charge is 2.41. The van der Waals surface area contributed by atoms with E-state index in [1.807, 2.05) is 36.4 Å². The van der Waals surface area contributed by atoms with Gasteiger partial charge in [-0.05, 0) is 11.1 Å². The first-order chi connectivity index (χ1) is 11.1. The van der Waals surface area contributed by atoms with E-state index in [4.69, 9.17) is 13.8 Å². The van der Waals surface area contributed by atoms with E-state index >= 15 is 0 Å². The lowest BCUT2D eigenvalue weighted by molar-refractivity contribution is -0.0174. The summed E-state index contributed by atoms with van der Waals surface area (Å²) >= 11 is 0. The van der Waals surface area contributed by atoms with Crippen molar-refractivity contribution in [1.82, 2.24) is 0 Å². The maximum absolute atomic E-state index is 12.8. The predicted molar refractivity (Wildman–Crippen MR) is 88.0 cm³/mol. The topological polar surface area (TPSA) is 65.0 Å². The molecule has 0 saturated carbocycles. The zero-order valence-electron chi connectivity index (χ0n) is 13.2. The predicted octanol–water partition coefficient (Wildman–Crippen LogP) is 3.75. The smallest absolute Gasteiger partial charge is 0.361 e. The number of aliphatic hydroxyl groups excluding tert-OH is 1. The summed E-state index contributed by atoms with van der Waals surface area (Å²) in [5, 5.41) is 10.6. The average molecular weight is 336 g/mol. The number of hydrogen-bond acceptors (Lipinski definition) is 5. The summed E-state index contributed by atoms with van der Waals surface area (Å²) < 4.78 is 28.5. The molecule has 2 aromatic rings. The van der Waals surface area contributed by atoms with Crippen LogP contribution in [0.15, 0.2) is 60.7 Å². The molecule has 0 radical (unpaired) electrons. The van der Waals surface area contributed by atoms with Crippen molar-refractivity contribution in [3.63, 3.8) is 0 Å². The molecule has 0 bridgehead atoms. The molecule has 0 aromatic heterocycles. The molecule has 1 N–H and O–H groups in total. The van der Waals surface area contributed by atoms with E-state index in [2.05, 4.69) is 0 Å². The van der Waals surface area contributed by atoms with Crippen LogP contribution in [0.3, 0.4) is 0 Å². The molecule has 2 atom stereocenters. The van der Waals surface area contributed by atoms with Crippen LogP contribution in [-0.4, -0.2) is 25.2 Å². The molecule has 124 valence electrons. The van der Waals surface area contributed by atoms with E-state index in [-0.39, 0.29) is 6.61 Å². The normalized spacial score (nSPS) is 14.4. The minimum absolute atomic E-state index is 0.187. The molecule has 0 heterocycles. The van der Waals surface area contributed by atoms with Gasteiger partial charge in [0.2, 0.25) is 0 Å². The molecular weight excluding hydrogens is 315 g/mol. The van der Waals surface area contributed by atoms with Crippen molar-refractivity contribution in [3.8, 4) is 0 Å². The third-order valence-electron chi connectivity index (χ3n) is 3.50. The molecule has 0 spiro atoms. The summed E-state index contributed by atoms with van der Waals surface area (Å²) in [6, 6.07) is 18.3. The third-order valence-corrected chi connectivity index (χ3v) is 5.57. The molecule has 5 nitrogen and oxygen atoms in total. The number of benzene rings is 2. The van der Waals surface area contributed by atoms with Crippen molar-refractivity contribution in [2.24, 2.45) is 0 Å². The first-order valence-corrected chi connectivity index (χ1v) is 8.81. The van der Waals surface area contributed by atoms with Crippen LogP contribution in [0.1, 0.15) is 17.2 Å². The Morgan fingerprint density at radius 3 is 2.00 bits per heavy atom. The fourth-order valence-electron chi connectivity index (χ4n) is 2.21. The standard InChI is InChI=1S/C17H21O5P/c1-20-23(19,21-2)17(16(18)15-11-7-4-8-12-15)22-13-14-9-5-3-6-10-14/h3-12,16-18H,13H2,1-2H3/t16-,17-/m0/s1. The highest BCUT2D eigenvalue weighted by molar-refractivity contribution is 7.54. The van der Waals surface area contributed by atoms with Crippen molar-refractivity contribution in [2.45, 2.75) is 18.6 Å². The van der Waals surface area contributed by atoms with Gasteiger partial charge in [0.15, 0.2) is 5.85 Å². The molecule has 0 aliphatic carbocycles. The second-order valence-corrected chi connectivity index (χ2v) is 7.27. The number of ether oxygens (including phenoxy) is 1. The van der Waals surface area contributed by atoms with Gasteiger partial charge >= 0.3 is 7.60 Å². The Morgan fingerprint density at radius 2 is 1.48 bits per heavy atom. The summed E-state index contributed by atoms with van der Waals surface area (Å²) in [6.45, 7) is 0.187. The van der Waals surface area contributed by atoms with E-state index in [1.54, 1.807) is 24.3 Å². The zero-order valence-corrected chi connectivity index (χ0v) is 14.1. The van der Waals surface area contributed by atoms with Gasteiger partial charge in [0.05, 0.1) is 6.61 Å². The van der Waals surface area contributed by atoms with Gasteiger partial charge in [-0.3, -0.25) is 4.57 Å². The van der Waals surface area contributed by atoms with Crippen LogP contribution in [0.25, 0.3) is 0 Å². The Bertz CT molecular complexity index is 624. The van der Waals surface area contributed by atoms with Gasteiger partial charge in [-0.2, -0.15) is 0 Å². The second kappa shape index (κ2) is 8.39. The summed E-state index contributed by atoms with van der Waals surface area (Å²) in [6.07, 6.45) is -1.13. The van der Waals surface area contributed by atoms with Crippen LogP contribution in [-0.2, 0) is 25.0 Å². The minimum Gasteiger partial charge on any atom is -0.385 e. The Labute approximate surface area is 136 Å². The molecule has 0 amide bonds. The first kappa shape index (κ1) is 17.9. The molecule has 0 unspecified atom stereocenters. The van der Waals surface area contributed by atoms with Crippen molar-refractivity contribution in [2.75, 3.05) is 14.2 Å². The third kappa shape index (κ3) is 4.50. The van der Waals surface area contributed by atoms with Crippen LogP contribution in [0.5, 0.6) is 0 Å². The van der Waals surface area contributed by atoms with E-state index < -0.39 is 19.5 Å². The van der Waals surface area contributed by atoms with Crippen LogP contribution >= 0.6 is 7.60 Å². The molecule has 0 aliphatic rings. The summed E-state index contributed by atoms with van der Waals surface area (Å²) in [5.41, 5.74) is 1.48. The summed E-state index contributed by atoms with van der Waals surface area (Å²) in [5.74, 6) is -1.12. The van der Waals surface area contributed by atoms with Gasteiger partial charge in [0, 0.05) is 14.2 Å². The molecular formula is C17H21O5P. The quantitative estimate of drug-likeness (QED) is 0.744. The summed E-state index contributed by atoms with van der Waals surface area (Å²) in [4.78, 5) is 0. The molecule has 23 heavy (non-hydrogen) atoms. The highest BCUT2D eigenvalue weighted by atomic mass is 31.2. The van der Waals surface area contributed by atoms with Gasteiger partial charge in [-0.25, -0.2) is 0 Å². The number of aliphatic hydroxyl groups is 1. The molecule has 2 rings (SSSR count). The largest absolute Gasteiger partial charge is 0.385 e. The number of rotatable bonds is 8. The lowest BCUT2D eigenvalue weighted by Gasteiger charge is -2.28. The van der Waals surface area contributed by atoms with E-state index in [0.29, 0.717) is 5.56 Å². The molecule has 0 aliphatic heterocycles. The van der Waals surface area contributed by atoms with Crippen molar-refractivity contribution in [1.29, 1.82) is 0 Å².